The fourth-order valence-electron chi connectivity index (χ4n) is 7.36. The maximum atomic E-state index is 15.0. The standard InChI is InChI=1S/C34H36FN2S.C13H24O2.Ir/c1-19-14-22(18-33(4,5)6)15-20(2)27(19)30-21(3)28-31(38-30)29(37-32(35)36-28)24-16-23-12-10-11-13-25(23)26(17-24)34(7,8)9;1-5-10(6-2)12(14)9-13(15)11(7-3)8-4;/h10-15,17H,18H2,1-9H3;9-11,14H,5-8H2,1-4H3;/q-1;;/b;12-9-;. The minimum absolute atomic E-state index is 0. The van der Waals surface area contributed by atoms with E-state index in [1.54, 1.807) is 11.3 Å². The number of aromatic nitrogens is 2. The number of carbonyl (C=O) groups excluding carboxylic acids is 1. The van der Waals surface area contributed by atoms with Gasteiger partial charge in [0, 0.05) is 53.3 Å². The maximum Gasteiger partial charge on any atom is 0.302 e. The van der Waals surface area contributed by atoms with Crippen LogP contribution in [0.4, 0.5) is 4.39 Å². The number of halogens is 1. The van der Waals surface area contributed by atoms with Gasteiger partial charge in [-0.05, 0) is 91.5 Å². The SMILES string of the molecule is CCC(CC)C(=O)/C=C(\O)C(CC)CC.Cc1cc(CC(C)(C)C)cc(C)c1-c1sc2c(-c3[c-]c4ccccc4c(C(C)(C)C)c3)nc(F)nc2c1C.[Ir]. The van der Waals surface area contributed by atoms with E-state index >= 15 is 0 Å². The Morgan fingerprint density at radius 2 is 1.46 bits per heavy atom. The first-order chi connectivity index (χ1) is 24.8. The summed E-state index contributed by atoms with van der Waals surface area (Å²) in [7, 11) is 0. The van der Waals surface area contributed by atoms with Gasteiger partial charge in [0.25, 0.3) is 0 Å². The van der Waals surface area contributed by atoms with Gasteiger partial charge in [-0.25, -0.2) is 9.97 Å². The summed E-state index contributed by atoms with van der Waals surface area (Å²) in [6.45, 7) is 27.9. The van der Waals surface area contributed by atoms with E-state index in [4.69, 9.17) is 0 Å². The van der Waals surface area contributed by atoms with Crippen molar-refractivity contribution in [3.8, 4) is 21.7 Å². The molecule has 5 rings (SSSR count). The van der Waals surface area contributed by atoms with Crippen molar-refractivity contribution in [3.05, 3.63) is 94.3 Å². The van der Waals surface area contributed by atoms with Crippen LogP contribution in [0.2, 0.25) is 0 Å². The van der Waals surface area contributed by atoms with E-state index in [-0.39, 0.29) is 54.3 Å². The molecule has 0 aliphatic rings. The number of fused-ring (bicyclic) bond motifs is 2. The molecule has 0 saturated carbocycles. The zero-order valence-electron chi connectivity index (χ0n) is 34.7. The topological polar surface area (TPSA) is 63.1 Å². The van der Waals surface area contributed by atoms with E-state index < -0.39 is 6.08 Å². The fourth-order valence-corrected chi connectivity index (χ4v) is 8.79. The predicted molar refractivity (Wildman–Crippen MR) is 225 cm³/mol. The summed E-state index contributed by atoms with van der Waals surface area (Å²) < 4.78 is 15.9. The monoisotopic (exact) mass is 928 g/mol. The number of carbonyl (C=O) groups is 1. The molecule has 0 atom stereocenters. The summed E-state index contributed by atoms with van der Waals surface area (Å²) in [5.41, 5.74) is 9.47. The van der Waals surface area contributed by atoms with Crippen molar-refractivity contribution < 1.29 is 34.4 Å². The molecule has 1 radical (unpaired) electrons. The van der Waals surface area contributed by atoms with Crippen LogP contribution in [0.25, 0.3) is 42.7 Å². The van der Waals surface area contributed by atoms with Crippen LogP contribution in [-0.2, 0) is 36.7 Å². The number of aryl methyl sites for hydroxylation is 3. The first-order valence-corrected chi connectivity index (χ1v) is 20.1. The Labute approximate surface area is 341 Å². The molecular formula is C47H60FIrN2O2S-. The zero-order valence-corrected chi connectivity index (χ0v) is 37.9. The molecule has 0 fully saturated rings. The zero-order chi connectivity index (χ0) is 39.4. The van der Waals surface area contributed by atoms with E-state index in [0.717, 1.165) is 58.2 Å². The van der Waals surface area contributed by atoms with Crippen molar-refractivity contribution in [1.82, 2.24) is 9.97 Å². The normalized spacial score (nSPS) is 12.3. The van der Waals surface area contributed by atoms with Gasteiger partial charge in [-0.2, -0.15) is 4.39 Å². The van der Waals surface area contributed by atoms with Gasteiger partial charge >= 0.3 is 6.08 Å². The molecule has 0 bridgehead atoms. The number of hydrogen-bond donors (Lipinski definition) is 1. The Balaban J connectivity index is 0.000000418. The van der Waals surface area contributed by atoms with Crippen molar-refractivity contribution in [3.63, 3.8) is 0 Å². The minimum Gasteiger partial charge on any atom is -0.512 e. The van der Waals surface area contributed by atoms with Crippen LogP contribution < -0.4 is 0 Å². The number of benzene rings is 3. The summed E-state index contributed by atoms with van der Waals surface area (Å²) in [6, 6.07) is 18.6. The van der Waals surface area contributed by atoms with Crippen LogP contribution in [0, 0.1) is 50.2 Å². The molecule has 2 heterocycles. The second-order valence-corrected chi connectivity index (χ2v) is 17.8. The molecule has 0 saturated heterocycles. The number of aliphatic hydroxyl groups excluding tert-OH is 1. The second-order valence-electron chi connectivity index (χ2n) is 16.8. The number of ketones is 1. The van der Waals surface area contributed by atoms with Crippen LogP contribution in [0.5, 0.6) is 0 Å². The molecule has 4 nitrogen and oxygen atoms in total. The summed E-state index contributed by atoms with van der Waals surface area (Å²) in [4.78, 5) is 21.5. The predicted octanol–water partition coefficient (Wildman–Crippen LogP) is 13.8. The Bertz CT molecular complexity index is 2090. The third-order valence-electron chi connectivity index (χ3n) is 10.2. The van der Waals surface area contributed by atoms with Gasteiger partial charge in [0.2, 0.25) is 0 Å². The molecule has 0 amide bonds. The molecule has 2 aromatic heterocycles. The third kappa shape index (κ3) is 10.5. The van der Waals surface area contributed by atoms with Crippen LogP contribution in [0.3, 0.4) is 0 Å². The van der Waals surface area contributed by atoms with Gasteiger partial charge in [0.1, 0.15) is 0 Å². The number of thiophene rings is 1. The largest absolute Gasteiger partial charge is 0.512 e. The smallest absolute Gasteiger partial charge is 0.302 e. The first-order valence-electron chi connectivity index (χ1n) is 19.3. The van der Waals surface area contributed by atoms with E-state index in [2.05, 4.69) is 115 Å². The molecule has 7 heteroatoms. The van der Waals surface area contributed by atoms with Crippen molar-refractivity contribution in [2.45, 2.75) is 128 Å². The van der Waals surface area contributed by atoms with Crippen LogP contribution >= 0.6 is 11.3 Å². The number of allylic oxidation sites excluding steroid dienone is 2. The maximum absolute atomic E-state index is 15.0. The minimum atomic E-state index is -0.701. The Morgan fingerprint density at radius 3 is 2.00 bits per heavy atom. The van der Waals surface area contributed by atoms with Gasteiger partial charge in [0.15, 0.2) is 5.78 Å². The molecule has 0 spiro atoms. The molecule has 0 unspecified atom stereocenters. The second kappa shape index (κ2) is 18.6. The molecule has 3 aromatic carbocycles. The molecule has 293 valence electrons. The van der Waals surface area contributed by atoms with Gasteiger partial charge in [-0.15, -0.1) is 40.5 Å². The van der Waals surface area contributed by atoms with Crippen LogP contribution in [0.1, 0.15) is 123 Å². The molecule has 5 aromatic rings. The summed E-state index contributed by atoms with van der Waals surface area (Å²) in [5.74, 6) is 0.547. The summed E-state index contributed by atoms with van der Waals surface area (Å²) >= 11 is 1.66. The molecule has 0 aliphatic heterocycles. The Hall–Kier alpha value is -3.25. The summed E-state index contributed by atoms with van der Waals surface area (Å²) in [5, 5.41) is 11.9. The van der Waals surface area contributed by atoms with Crippen molar-refractivity contribution >= 4 is 38.1 Å². The third-order valence-corrected chi connectivity index (χ3v) is 11.5. The average Bonchev–Trinajstić information content (AvgIpc) is 3.38. The molecule has 54 heavy (non-hydrogen) atoms. The van der Waals surface area contributed by atoms with Gasteiger partial charge < -0.3 is 5.11 Å². The van der Waals surface area contributed by atoms with Gasteiger partial charge in [-0.3, -0.25) is 4.79 Å². The van der Waals surface area contributed by atoms with Crippen LogP contribution in [-0.4, -0.2) is 20.9 Å². The Morgan fingerprint density at radius 1 is 0.889 bits per heavy atom. The number of rotatable bonds is 10. The van der Waals surface area contributed by atoms with E-state index in [0.29, 0.717) is 11.2 Å². The molecule has 1 N–H and O–H groups in total. The van der Waals surface area contributed by atoms with E-state index in [1.807, 2.05) is 33.8 Å². The van der Waals surface area contributed by atoms with E-state index in [9.17, 15) is 14.3 Å². The number of aliphatic hydroxyl groups is 1. The number of hydrogen-bond acceptors (Lipinski definition) is 5. The first kappa shape index (κ1) is 45.1. The fraction of sp³-hybridized carbons (Fsp3) is 0.468. The van der Waals surface area contributed by atoms with E-state index in [1.165, 1.54) is 39.3 Å². The average molecular weight is 928 g/mol. The summed E-state index contributed by atoms with van der Waals surface area (Å²) in [6.07, 6.45) is 5.23. The number of nitrogens with zero attached hydrogens (tertiary/aromatic N) is 2. The van der Waals surface area contributed by atoms with Crippen molar-refractivity contribution in [2.75, 3.05) is 0 Å². The molecular weight excluding hydrogens is 868 g/mol. The molecule has 0 aliphatic carbocycles. The van der Waals surface area contributed by atoms with Gasteiger partial charge in [-0.1, -0.05) is 111 Å². The quantitative estimate of drug-likeness (QED) is 0.0656. The van der Waals surface area contributed by atoms with Crippen LogP contribution in [0.15, 0.2) is 54.3 Å². The van der Waals surface area contributed by atoms with Gasteiger partial charge in [0.05, 0.1) is 11.3 Å². The Kier molecular flexibility index (Phi) is 15.5. The van der Waals surface area contributed by atoms with Crippen molar-refractivity contribution in [1.29, 1.82) is 0 Å². The van der Waals surface area contributed by atoms with Crippen molar-refractivity contribution in [2.24, 2.45) is 17.3 Å².